The van der Waals surface area contributed by atoms with Gasteiger partial charge in [-0.05, 0) is 68.3 Å². The van der Waals surface area contributed by atoms with Crippen molar-refractivity contribution in [2.75, 3.05) is 31.1 Å². The van der Waals surface area contributed by atoms with Crippen molar-refractivity contribution in [1.82, 2.24) is 42.1 Å². The maximum absolute atomic E-state index is 14.6. The molecule has 77 heavy (non-hydrogen) atoms. The van der Waals surface area contributed by atoms with E-state index in [1.807, 2.05) is 0 Å². The number of nitrogens with zero attached hydrogens (tertiary/aromatic N) is 1. The number of aliphatic carboxylic acids is 1. The highest BCUT2D eigenvalue weighted by Gasteiger charge is 2.40. The third-order valence-corrected chi connectivity index (χ3v) is 14.1. The third kappa shape index (κ3) is 23.1. The number of likely N-dealkylation sites (tertiary alicyclic amines) is 1. The molecule has 0 aliphatic carbocycles. The van der Waals surface area contributed by atoms with Gasteiger partial charge >= 0.3 is 0 Å². The summed E-state index contributed by atoms with van der Waals surface area (Å²) in [5.41, 5.74) is 29.2. The lowest BCUT2D eigenvalue weighted by atomic mass is 10.0. The summed E-state index contributed by atoms with van der Waals surface area (Å²) in [4.78, 5) is 158. The number of benzene rings is 2. The Hall–Kier alpha value is -7.50. The number of phenolic OH excluding ortho intramolecular Hbond substituents is 1. The summed E-state index contributed by atoms with van der Waals surface area (Å²) in [7, 11) is 2.02. The number of amides is 11. The number of phenols is 1. The summed E-state index contributed by atoms with van der Waals surface area (Å²) in [6, 6.07) is 3.09. The molecule has 2 fully saturated rings. The third-order valence-electron chi connectivity index (χ3n) is 11.6. The number of carbonyl (C=O) groups excluding carboxylic acids is 11. The summed E-state index contributed by atoms with van der Waals surface area (Å²) >= 11 is 0. The van der Waals surface area contributed by atoms with Crippen molar-refractivity contribution in [3.8, 4) is 5.75 Å². The standard InChI is InChI=1S/C46H65N13O12S2.C2H4O2/c47-17-5-4-9-29(40(65)52-22-38(51)63)54-45(70)35-10-6-18-59(35)46(71)34-24-73-72-23-28(48)39(64)55-31(20-26-11-13-27(60)14-12-26)43(68)56-32(19-25-7-2-1-3-8-25)42(67)53-30(15-16-36(49)61)41(66)57-33(21-37(50)62)44(69)58-34;1-2(3)4/h1-3,7-8,11-14,28-35,60H,4-6,9-10,15-24,47-48H2,(H2,49,61)(H2,50,62)(H2,51,63)(H,52,65)(H,53,67)(H,54,70)(H,55,64)(H,56,68)(H,57,66)(H,58,69);1H3,(H,3,4)/t28-,29-,30-,31?,32-,33?,34-,35-;/m0./s1. The zero-order valence-corrected chi connectivity index (χ0v) is 44.0. The number of primary amides is 3. The second-order valence-electron chi connectivity index (χ2n) is 18.0. The van der Waals surface area contributed by atoms with Crippen molar-refractivity contribution >= 4 is 92.5 Å². The number of aromatic hydroxyl groups is 1. The molecule has 27 nitrogen and oxygen atoms in total. The zero-order valence-electron chi connectivity index (χ0n) is 42.4. The maximum atomic E-state index is 14.6. The summed E-state index contributed by atoms with van der Waals surface area (Å²) in [6.07, 6.45) is -0.386. The van der Waals surface area contributed by atoms with Crippen molar-refractivity contribution < 1.29 is 67.7 Å². The second kappa shape index (κ2) is 32.8. The molecule has 2 aromatic rings. The highest BCUT2D eigenvalue weighted by molar-refractivity contribution is 8.76. The van der Waals surface area contributed by atoms with Gasteiger partial charge in [-0.2, -0.15) is 0 Å². The van der Waals surface area contributed by atoms with E-state index >= 15 is 0 Å². The molecule has 0 bridgehead atoms. The van der Waals surface area contributed by atoms with E-state index < -0.39 is 145 Å². The number of hydrogen-bond donors (Lipinski definition) is 14. The summed E-state index contributed by atoms with van der Waals surface area (Å²) in [6.45, 7) is 0.936. The average molecular weight is 1120 g/mol. The second-order valence-corrected chi connectivity index (χ2v) is 20.5. The topological polar surface area (TPSA) is 463 Å². The smallest absolute Gasteiger partial charge is 0.300 e. The number of carboxylic acid groups (broad SMARTS) is 1. The fraction of sp³-hybridized carbons (Fsp3) is 0.500. The van der Waals surface area contributed by atoms with E-state index in [1.165, 1.54) is 29.2 Å². The Balaban J connectivity index is 0.00000376. The number of nitrogens with one attached hydrogen (secondary N) is 7. The van der Waals surface area contributed by atoms with E-state index in [1.54, 1.807) is 30.3 Å². The predicted molar refractivity (Wildman–Crippen MR) is 282 cm³/mol. The number of hydrogen-bond acceptors (Lipinski definition) is 17. The largest absolute Gasteiger partial charge is 0.508 e. The minimum atomic E-state index is -1.78. The first-order chi connectivity index (χ1) is 36.5. The molecule has 0 spiro atoms. The van der Waals surface area contributed by atoms with Crippen LogP contribution < -0.4 is 65.9 Å². The molecule has 2 aromatic carbocycles. The molecule has 2 aliphatic rings. The number of rotatable bonds is 19. The van der Waals surface area contributed by atoms with Crippen LogP contribution in [0, 0.1) is 0 Å². The van der Waals surface area contributed by atoms with Crippen molar-refractivity contribution in [3.63, 3.8) is 0 Å². The molecule has 2 unspecified atom stereocenters. The molecule has 8 atom stereocenters. The molecule has 2 heterocycles. The minimum Gasteiger partial charge on any atom is -0.508 e. The first kappa shape index (κ1) is 63.8. The lowest BCUT2D eigenvalue weighted by molar-refractivity contribution is -0.142. The van der Waals surface area contributed by atoms with Crippen LogP contribution in [-0.2, 0) is 70.4 Å². The lowest BCUT2D eigenvalue weighted by Crippen LogP contribution is -2.61. The van der Waals surface area contributed by atoms with Gasteiger partial charge in [-0.1, -0.05) is 64.1 Å². The van der Waals surface area contributed by atoms with Crippen molar-refractivity contribution in [2.45, 2.75) is 119 Å². The molecule has 2 aliphatic heterocycles. The molecule has 422 valence electrons. The van der Waals surface area contributed by atoms with Gasteiger partial charge in [-0.15, -0.1) is 0 Å². The first-order valence-corrected chi connectivity index (χ1v) is 26.9. The monoisotopic (exact) mass is 1120 g/mol. The molecule has 2 saturated heterocycles. The minimum absolute atomic E-state index is 0.0324. The Bertz CT molecular complexity index is 2400. The van der Waals surface area contributed by atoms with Gasteiger partial charge in [-0.25, -0.2) is 0 Å². The van der Waals surface area contributed by atoms with Crippen molar-refractivity contribution in [1.29, 1.82) is 0 Å². The Labute approximate surface area is 451 Å². The van der Waals surface area contributed by atoms with Crippen LogP contribution in [0.4, 0.5) is 0 Å². The van der Waals surface area contributed by atoms with E-state index in [4.69, 9.17) is 38.6 Å². The lowest BCUT2D eigenvalue weighted by Gasteiger charge is -2.31. The highest BCUT2D eigenvalue weighted by Crippen LogP contribution is 2.26. The summed E-state index contributed by atoms with van der Waals surface area (Å²) in [5, 5.41) is 35.2. The van der Waals surface area contributed by atoms with E-state index in [2.05, 4.69) is 37.2 Å². The van der Waals surface area contributed by atoms with Crippen LogP contribution in [0.3, 0.4) is 0 Å². The molecular formula is C48H69N13O14S2. The van der Waals surface area contributed by atoms with Crippen LogP contribution in [0.5, 0.6) is 5.75 Å². The van der Waals surface area contributed by atoms with Gasteiger partial charge in [0, 0.05) is 44.2 Å². The van der Waals surface area contributed by atoms with E-state index in [9.17, 15) is 57.8 Å². The van der Waals surface area contributed by atoms with Crippen LogP contribution in [0.15, 0.2) is 54.6 Å². The first-order valence-electron chi connectivity index (χ1n) is 24.5. The van der Waals surface area contributed by atoms with Crippen LogP contribution >= 0.6 is 21.6 Å². The van der Waals surface area contributed by atoms with Crippen LogP contribution in [-0.4, -0.2) is 166 Å². The maximum Gasteiger partial charge on any atom is 0.300 e. The molecule has 0 aromatic heterocycles. The molecule has 11 amide bonds. The van der Waals surface area contributed by atoms with Gasteiger partial charge in [0.25, 0.3) is 5.97 Å². The predicted octanol–water partition coefficient (Wildman–Crippen LogP) is -4.24. The van der Waals surface area contributed by atoms with Gasteiger partial charge in [0.15, 0.2) is 0 Å². The molecule has 0 radical (unpaired) electrons. The van der Waals surface area contributed by atoms with Crippen LogP contribution in [0.25, 0.3) is 0 Å². The zero-order chi connectivity index (χ0) is 57.2. The highest BCUT2D eigenvalue weighted by atomic mass is 33.1. The summed E-state index contributed by atoms with van der Waals surface area (Å²) in [5.74, 6) is -10.8. The van der Waals surface area contributed by atoms with Gasteiger partial charge in [0.1, 0.15) is 48.0 Å². The number of carbonyl (C=O) groups is 12. The SMILES string of the molecule is CC(=O)O.NCCCC[C@H](NC(=O)[C@@H]1CCCN1C(=O)[C@@H]1CSSC[C@H](N)C(=O)NC(Cc2ccc(O)cc2)C(=O)N[C@@H](Cc2ccccc2)C(=O)N[C@@H](CCC(N)=O)C(=O)NC(CC(N)=O)C(=O)N1)C(=O)NCC(N)=O. The molecular weight excluding hydrogens is 1050 g/mol. The van der Waals surface area contributed by atoms with Crippen molar-refractivity contribution in [2.24, 2.45) is 28.7 Å². The average Bonchev–Trinajstić information content (AvgIpc) is 3.87. The summed E-state index contributed by atoms with van der Waals surface area (Å²) < 4.78 is 0. The molecule has 19 N–H and O–H groups in total. The van der Waals surface area contributed by atoms with Crippen LogP contribution in [0.1, 0.15) is 69.4 Å². The van der Waals surface area contributed by atoms with E-state index in [-0.39, 0.29) is 49.5 Å². The van der Waals surface area contributed by atoms with Crippen molar-refractivity contribution in [3.05, 3.63) is 65.7 Å². The molecule has 4 rings (SSSR count). The Morgan fingerprint density at radius 2 is 1.26 bits per heavy atom. The number of carboxylic acids is 1. The van der Waals surface area contributed by atoms with Crippen LogP contribution in [0.2, 0.25) is 0 Å². The molecule has 0 saturated carbocycles. The Morgan fingerprint density at radius 1 is 0.714 bits per heavy atom. The quantitative estimate of drug-likeness (QED) is 0.0468. The van der Waals surface area contributed by atoms with Gasteiger partial charge in [0.2, 0.25) is 65.0 Å². The van der Waals surface area contributed by atoms with Gasteiger partial charge in [0.05, 0.1) is 19.0 Å². The fourth-order valence-corrected chi connectivity index (χ4v) is 10.1. The van der Waals surface area contributed by atoms with Gasteiger partial charge < -0.3 is 81.0 Å². The fourth-order valence-electron chi connectivity index (χ4n) is 7.79. The van der Waals surface area contributed by atoms with E-state index in [0.29, 0.717) is 36.9 Å². The van der Waals surface area contributed by atoms with Gasteiger partial charge in [-0.3, -0.25) is 57.5 Å². The number of unbranched alkanes of at least 4 members (excludes halogenated alkanes) is 1. The van der Waals surface area contributed by atoms with E-state index in [0.717, 1.165) is 28.5 Å². The normalized spacial score (nSPS) is 22.1. The number of nitrogens with two attached hydrogens (primary N) is 5. The Morgan fingerprint density at radius 3 is 1.84 bits per heavy atom. The Kier molecular flexibility index (Phi) is 27.2. The molecule has 29 heteroatoms.